The number of nitrogens with zero attached hydrogens (tertiary/aromatic N) is 1. The van der Waals surface area contributed by atoms with E-state index in [0.29, 0.717) is 0 Å². The number of hydrogen-bond acceptors (Lipinski definition) is 5. The van der Waals surface area contributed by atoms with Crippen molar-refractivity contribution in [2.24, 2.45) is 0 Å². The lowest BCUT2D eigenvalue weighted by Crippen LogP contribution is -2.34. The van der Waals surface area contributed by atoms with Gasteiger partial charge in [-0.15, -0.1) is 11.3 Å². The Morgan fingerprint density at radius 2 is 2.11 bits per heavy atom. The summed E-state index contributed by atoms with van der Waals surface area (Å²) in [7, 11) is 0. The average Bonchev–Trinajstić information content (AvgIpc) is 2.94. The highest BCUT2D eigenvalue weighted by Gasteiger charge is 2.10. The molecule has 0 atom stereocenters. The molecule has 0 unspecified atom stereocenters. The van der Waals surface area contributed by atoms with Crippen LogP contribution in [-0.4, -0.2) is 10.5 Å². The van der Waals surface area contributed by atoms with Gasteiger partial charge in [-0.2, -0.15) is 0 Å². The molecular weight excluding hydrogens is 264 g/mol. The van der Waals surface area contributed by atoms with Gasteiger partial charge in [0.1, 0.15) is 15.9 Å². The fraction of sp³-hybridized carbons (Fsp3) is 0.462. The monoisotopic (exact) mass is 282 g/mol. The molecule has 0 spiro atoms. The smallest absolute Gasteiger partial charge is 0.150 e. The third-order valence-corrected chi connectivity index (χ3v) is 4.25. The lowest BCUT2D eigenvalue weighted by molar-refractivity contribution is 0.382. The van der Waals surface area contributed by atoms with E-state index in [1.165, 1.54) is 0 Å². The van der Waals surface area contributed by atoms with Gasteiger partial charge >= 0.3 is 0 Å². The first-order valence-electron chi connectivity index (χ1n) is 5.88. The molecule has 2 rings (SSSR count). The van der Waals surface area contributed by atoms with Crippen LogP contribution in [0.5, 0.6) is 0 Å². The maximum Gasteiger partial charge on any atom is 0.150 e. The van der Waals surface area contributed by atoms with Crippen LogP contribution in [0.3, 0.4) is 0 Å². The molecule has 98 valence electrons. The van der Waals surface area contributed by atoms with E-state index in [1.807, 2.05) is 23.7 Å². The summed E-state index contributed by atoms with van der Waals surface area (Å²) in [6.07, 6.45) is 1.83. The van der Waals surface area contributed by atoms with Crippen LogP contribution >= 0.6 is 23.1 Å². The van der Waals surface area contributed by atoms with Gasteiger partial charge in [-0.25, -0.2) is 4.98 Å². The first-order valence-corrected chi connectivity index (χ1v) is 7.74. The molecule has 0 saturated heterocycles. The topological polar surface area (TPSA) is 38.1 Å². The second-order valence-electron chi connectivity index (χ2n) is 5.06. The standard InChI is InChI=1S/C13H18N2OS2/c1-13(2,3)15-8-10-4-5-11(16-10)9-18-12-14-6-7-17-12/h4-7,15H,8-9H2,1-3H3. The molecule has 0 saturated carbocycles. The van der Waals surface area contributed by atoms with Gasteiger partial charge in [0.25, 0.3) is 0 Å². The fourth-order valence-corrected chi connectivity index (χ4v) is 2.89. The van der Waals surface area contributed by atoms with Crippen molar-refractivity contribution in [3.8, 4) is 0 Å². The van der Waals surface area contributed by atoms with Gasteiger partial charge < -0.3 is 9.73 Å². The zero-order chi connectivity index (χ0) is 13.0. The number of aromatic nitrogens is 1. The number of nitrogens with one attached hydrogen (secondary N) is 1. The highest BCUT2D eigenvalue weighted by molar-refractivity contribution is 8.00. The van der Waals surface area contributed by atoms with Crippen molar-refractivity contribution in [1.29, 1.82) is 0 Å². The van der Waals surface area contributed by atoms with Crippen molar-refractivity contribution in [2.45, 2.75) is 42.9 Å². The van der Waals surface area contributed by atoms with Crippen LogP contribution < -0.4 is 5.32 Å². The summed E-state index contributed by atoms with van der Waals surface area (Å²) >= 11 is 3.37. The van der Waals surface area contributed by atoms with Crippen LogP contribution in [0.2, 0.25) is 0 Å². The summed E-state index contributed by atoms with van der Waals surface area (Å²) < 4.78 is 6.85. The van der Waals surface area contributed by atoms with Gasteiger partial charge in [-0.05, 0) is 32.9 Å². The van der Waals surface area contributed by atoms with Crippen molar-refractivity contribution in [3.63, 3.8) is 0 Å². The van der Waals surface area contributed by atoms with Gasteiger partial charge in [0.2, 0.25) is 0 Å². The summed E-state index contributed by atoms with van der Waals surface area (Å²) in [4.78, 5) is 4.23. The Morgan fingerprint density at radius 1 is 1.33 bits per heavy atom. The molecular formula is C13H18N2OS2. The van der Waals surface area contributed by atoms with Gasteiger partial charge in [0.15, 0.2) is 0 Å². The van der Waals surface area contributed by atoms with Crippen molar-refractivity contribution >= 4 is 23.1 Å². The zero-order valence-corrected chi connectivity index (χ0v) is 12.5. The summed E-state index contributed by atoms with van der Waals surface area (Å²) in [5.74, 6) is 2.82. The van der Waals surface area contributed by atoms with E-state index >= 15 is 0 Å². The number of thiazole rings is 1. The number of rotatable bonds is 5. The first-order chi connectivity index (χ1) is 8.53. The number of hydrogen-bond donors (Lipinski definition) is 1. The molecule has 0 aliphatic carbocycles. The second kappa shape index (κ2) is 5.91. The van der Waals surface area contributed by atoms with E-state index in [1.54, 1.807) is 23.1 Å². The SMILES string of the molecule is CC(C)(C)NCc1ccc(CSc2nccs2)o1. The van der Waals surface area contributed by atoms with Crippen LogP contribution in [-0.2, 0) is 12.3 Å². The molecule has 0 amide bonds. The van der Waals surface area contributed by atoms with Crippen LogP contribution in [0, 0.1) is 0 Å². The number of thioether (sulfide) groups is 1. The lowest BCUT2D eigenvalue weighted by Gasteiger charge is -2.19. The Balaban J connectivity index is 1.82. The van der Waals surface area contributed by atoms with E-state index in [9.17, 15) is 0 Å². The Morgan fingerprint density at radius 3 is 2.78 bits per heavy atom. The van der Waals surface area contributed by atoms with Crippen LogP contribution in [0.4, 0.5) is 0 Å². The summed E-state index contributed by atoms with van der Waals surface area (Å²) in [5, 5.41) is 5.40. The summed E-state index contributed by atoms with van der Waals surface area (Å²) in [6.45, 7) is 7.21. The summed E-state index contributed by atoms with van der Waals surface area (Å²) in [5.41, 5.74) is 0.114. The van der Waals surface area contributed by atoms with Crippen LogP contribution in [0.1, 0.15) is 32.3 Å². The second-order valence-corrected chi connectivity index (χ2v) is 7.18. The quantitative estimate of drug-likeness (QED) is 0.844. The van der Waals surface area contributed by atoms with E-state index in [0.717, 1.165) is 28.2 Å². The molecule has 2 aromatic rings. The normalized spacial score (nSPS) is 11.9. The molecule has 2 heterocycles. The Hall–Kier alpha value is -0.780. The molecule has 3 nitrogen and oxygen atoms in total. The van der Waals surface area contributed by atoms with E-state index in [2.05, 4.69) is 31.1 Å². The Bertz CT molecular complexity index is 471. The van der Waals surface area contributed by atoms with Gasteiger partial charge in [0.05, 0.1) is 12.3 Å². The van der Waals surface area contributed by atoms with Gasteiger partial charge in [0, 0.05) is 17.1 Å². The predicted molar refractivity (Wildman–Crippen MR) is 77.0 cm³/mol. The third-order valence-electron chi connectivity index (χ3n) is 2.26. The molecule has 0 aromatic carbocycles. The Kier molecular flexibility index (Phi) is 4.48. The Labute approximate surface area is 116 Å². The molecule has 0 aliphatic rings. The van der Waals surface area contributed by atoms with E-state index in [4.69, 9.17) is 4.42 Å². The molecule has 0 fully saturated rings. The maximum atomic E-state index is 5.77. The first kappa shape index (κ1) is 13.6. The highest BCUT2D eigenvalue weighted by atomic mass is 32.2. The molecule has 0 bridgehead atoms. The molecule has 18 heavy (non-hydrogen) atoms. The fourth-order valence-electron chi connectivity index (χ4n) is 1.36. The molecule has 5 heteroatoms. The predicted octanol–water partition coefficient (Wildman–Crippen LogP) is 3.92. The van der Waals surface area contributed by atoms with Crippen molar-refractivity contribution in [2.75, 3.05) is 0 Å². The minimum atomic E-state index is 0.114. The van der Waals surface area contributed by atoms with Crippen molar-refractivity contribution in [3.05, 3.63) is 35.2 Å². The van der Waals surface area contributed by atoms with Gasteiger partial charge in [-0.3, -0.25) is 0 Å². The van der Waals surface area contributed by atoms with Gasteiger partial charge in [-0.1, -0.05) is 11.8 Å². The maximum absolute atomic E-state index is 5.77. The van der Waals surface area contributed by atoms with Crippen LogP contribution in [0.25, 0.3) is 0 Å². The van der Waals surface area contributed by atoms with Crippen molar-refractivity contribution < 1.29 is 4.42 Å². The minimum absolute atomic E-state index is 0.114. The third kappa shape index (κ3) is 4.48. The average molecular weight is 282 g/mol. The van der Waals surface area contributed by atoms with Crippen LogP contribution in [0.15, 0.2) is 32.5 Å². The largest absolute Gasteiger partial charge is 0.464 e. The zero-order valence-electron chi connectivity index (χ0n) is 10.9. The molecule has 0 aliphatic heterocycles. The molecule has 0 radical (unpaired) electrons. The van der Waals surface area contributed by atoms with E-state index < -0.39 is 0 Å². The minimum Gasteiger partial charge on any atom is -0.464 e. The lowest BCUT2D eigenvalue weighted by atomic mass is 10.1. The van der Waals surface area contributed by atoms with E-state index in [-0.39, 0.29) is 5.54 Å². The summed E-state index contributed by atoms with van der Waals surface area (Å²) in [6, 6.07) is 4.08. The highest BCUT2D eigenvalue weighted by Crippen LogP contribution is 2.25. The molecule has 2 aromatic heterocycles. The van der Waals surface area contributed by atoms with Crippen molar-refractivity contribution in [1.82, 2.24) is 10.3 Å². The molecule has 1 N–H and O–H groups in total. The number of furan rings is 1.